The number of nitrogens with one attached hydrogen (secondary N) is 1. The summed E-state index contributed by atoms with van der Waals surface area (Å²) in [6.45, 7) is 5.70. The van der Waals surface area contributed by atoms with E-state index in [9.17, 15) is 4.79 Å². The van der Waals surface area contributed by atoms with E-state index in [1.165, 1.54) is 10.5 Å². The van der Waals surface area contributed by atoms with E-state index in [1.54, 1.807) is 13.2 Å². The Bertz CT molecular complexity index is 1010. The second-order valence-electron chi connectivity index (χ2n) is 7.61. The van der Waals surface area contributed by atoms with Crippen molar-refractivity contribution in [2.45, 2.75) is 26.4 Å². The third-order valence-electron chi connectivity index (χ3n) is 5.50. The van der Waals surface area contributed by atoms with E-state index < -0.39 is 0 Å². The number of aryl methyl sites for hydroxylation is 2. The Hall–Kier alpha value is -2.63. The van der Waals surface area contributed by atoms with E-state index in [-0.39, 0.29) is 5.63 Å². The van der Waals surface area contributed by atoms with Crippen LogP contribution in [-0.4, -0.2) is 27.7 Å². The Morgan fingerprint density at radius 1 is 1.11 bits per heavy atom. The van der Waals surface area contributed by atoms with E-state index in [0.717, 1.165) is 40.9 Å². The van der Waals surface area contributed by atoms with Gasteiger partial charge in [0.15, 0.2) is 6.04 Å². The molecule has 2 aromatic carbocycles. The Balaban J connectivity index is 1.79. The molecule has 0 spiro atoms. The molecule has 0 saturated heterocycles. The lowest BCUT2D eigenvalue weighted by molar-refractivity contribution is -0.910. The number of ether oxygens (including phenoxy) is 1. The molecule has 0 aliphatic heterocycles. The van der Waals surface area contributed by atoms with Crippen molar-refractivity contribution in [3.8, 4) is 5.75 Å². The largest absolute Gasteiger partial charge is 0.497 e. The maximum Gasteiger partial charge on any atom is 0.336 e. The van der Waals surface area contributed by atoms with Gasteiger partial charge in [0, 0.05) is 22.6 Å². The van der Waals surface area contributed by atoms with Crippen molar-refractivity contribution in [2.24, 2.45) is 0 Å². The highest BCUT2D eigenvalue weighted by Gasteiger charge is 2.20. The fourth-order valence-electron chi connectivity index (χ4n) is 3.64. The van der Waals surface area contributed by atoms with Gasteiger partial charge in [-0.25, -0.2) is 4.79 Å². The topological polar surface area (TPSA) is 60.5 Å². The van der Waals surface area contributed by atoms with Gasteiger partial charge in [0.05, 0.1) is 21.2 Å². The maximum absolute atomic E-state index is 12.1. The molecule has 0 amide bonds. The molecule has 0 aliphatic rings. The molecule has 3 aromatic rings. The van der Waals surface area contributed by atoms with Crippen molar-refractivity contribution in [2.75, 3.05) is 27.7 Å². The summed E-state index contributed by atoms with van der Waals surface area (Å²) in [6, 6.07) is 14.4. The van der Waals surface area contributed by atoms with Gasteiger partial charge in [0.2, 0.25) is 0 Å². The van der Waals surface area contributed by atoms with Crippen molar-refractivity contribution in [1.82, 2.24) is 0 Å². The van der Waals surface area contributed by atoms with Gasteiger partial charge in [-0.2, -0.15) is 0 Å². The summed E-state index contributed by atoms with van der Waals surface area (Å²) in [4.78, 5) is 13.4. The highest BCUT2D eigenvalue weighted by Crippen LogP contribution is 2.22. The molecular weight excluding hydrogens is 352 g/mol. The molecular formula is C23H30N2O3+2. The quantitative estimate of drug-likeness (QED) is 0.607. The molecule has 0 bridgehead atoms. The van der Waals surface area contributed by atoms with E-state index in [1.807, 2.05) is 26.0 Å². The van der Waals surface area contributed by atoms with Crippen LogP contribution in [0.3, 0.4) is 0 Å². The molecule has 148 valence electrons. The van der Waals surface area contributed by atoms with Gasteiger partial charge < -0.3 is 19.4 Å². The predicted molar refractivity (Wildman–Crippen MR) is 111 cm³/mol. The number of nitrogens with two attached hydrogens (primary N) is 1. The molecule has 0 aliphatic carbocycles. The van der Waals surface area contributed by atoms with Crippen LogP contribution in [0.4, 0.5) is 0 Å². The van der Waals surface area contributed by atoms with Crippen molar-refractivity contribution in [3.63, 3.8) is 0 Å². The van der Waals surface area contributed by atoms with E-state index in [0.29, 0.717) is 11.6 Å². The highest BCUT2D eigenvalue weighted by atomic mass is 16.5. The summed E-state index contributed by atoms with van der Waals surface area (Å²) in [5.41, 5.74) is 4.89. The van der Waals surface area contributed by atoms with Crippen molar-refractivity contribution >= 4 is 11.0 Å². The Morgan fingerprint density at radius 3 is 2.46 bits per heavy atom. The second-order valence-corrected chi connectivity index (χ2v) is 7.61. The van der Waals surface area contributed by atoms with Crippen LogP contribution in [0.5, 0.6) is 5.75 Å². The van der Waals surface area contributed by atoms with Crippen LogP contribution in [0.25, 0.3) is 11.0 Å². The molecule has 28 heavy (non-hydrogen) atoms. The van der Waals surface area contributed by atoms with Crippen LogP contribution < -0.4 is 20.6 Å². The normalized spacial score (nSPS) is 12.5. The SMILES string of the molecule is COc1ccc([C@@H](C[NH2+]Cc2cc(=O)oc3c(C)c(C)ccc23)[NH+](C)C)cc1. The van der Waals surface area contributed by atoms with Crippen molar-refractivity contribution in [1.29, 1.82) is 0 Å². The van der Waals surface area contributed by atoms with Gasteiger partial charge in [0.1, 0.15) is 24.4 Å². The number of methoxy groups -OCH3 is 1. The molecule has 1 atom stereocenters. The number of likely N-dealkylation sites (N-methyl/N-ethyl adjacent to an activating group) is 1. The fraction of sp³-hybridized carbons (Fsp3) is 0.348. The smallest absolute Gasteiger partial charge is 0.336 e. The Kier molecular flexibility index (Phi) is 6.17. The molecule has 3 rings (SSSR count). The highest BCUT2D eigenvalue weighted by molar-refractivity contribution is 5.83. The Morgan fingerprint density at radius 2 is 1.82 bits per heavy atom. The second kappa shape index (κ2) is 8.59. The van der Waals surface area contributed by atoms with Crippen molar-refractivity contribution < 1.29 is 19.4 Å². The molecule has 0 unspecified atom stereocenters. The molecule has 0 fully saturated rings. The van der Waals surface area contributed by atoms with E-state index in [2.05, 4.69) is 43.7 Å². The zero-order chi connectivity index (χ0) is 20.3. The average molecular weight is 383 g/mol. The van der Waals surface area contributed by atoms with Gasteiger partial charge in [0.25, 0.3) is 0 Å². The molecule has 1 aromatic heterocycles. The van der Waals surface area contributed by atoms with Gasteiger partial charge >= 0.3 is 5.63 Å². The van der Waals surface area contributed by atoms with Crippen LogP contribution in [0.2, 0.25) is 0 Å². The summed E-state index contributed by atoms with van der Waals surface area (Å²) in [6.07, 6.45) is 0. The van der Waals surface area contributed by atoms with Crippen molar-refractivity contribution in [3.05, 3.63) is 75.1 Å². The summed E-state index contributed by atoms with van der Waals surface area (Å²) in [7, 11) is 6.02. The van der Waals surface area contributed by atoms with Gasteiger partial charge in [-0.05, 0) is 49.2 Å². The van der Waals surface area contributed by atoms with Gasteiger partial charge in [-0.1, -0.05) is 12.1 Å². The first-order valence-electron chi connectivity index (χ1n) is 9.69. The minimum Gasteiger partial charge on any atom is -0.497 e. The van der Waals surface area contributed by atoms with Gasteiger partial charge in [-0.3, -0.25) is 0 Å². The zero-order valence-electron chi connectivity index (χ0n) is 17.3. The molecule has 1 heterocycles. The lowest BCUT2D eigenvalue weighted by Gasteiger charge is -2.20. The summed E-state index contributed by atoms with van der Waals surface area (Å²) >= 11 is 0. The number of benzene rings is 2. The van der Waals surface area contributed by atoms with Crippen LogP contribution in [0.1, 0.15) is 28.3 Å². The van der Waals surface area contributed by atoms with E-state index >= 15 is 0 Å². The average Bonchev–Trinajstić information content (AvgIpc) is 2.68. The first-order valence-corrected chi connectivity index (χ1v) is 9.69. The first kappa shape index (κ1) is 20.1. The van der Waals surface area contributed by atoms with Gasteiger partial charge in [-0.15, -0.1) is 0 Å². The fourth-order valence-corrected chi connectivity index (χ4v) is 3.64. The van der Waals surface area contributed by atoms with Crippen LogP contribution in [0.15, 0.2) is 51.7 Å². The molecule has 3 N–H and O–H groups in total. The van der Waals surface area contributed by atoms with Crippen LogP contribution in [-0.2, 0) is 6.54 Å². The minimum absolute atomic E-state index is 0.283. The lowest BCUT2D eigenvalue weighted by Crippen LogP contribution is -3.09. The molecule has 0 saturated carbocycles. The number of rotatable bonds is 7. The van der Waals surface area contributed by atoms with Crippen LogP contribution >= 0.6 is 0 Å². The third kappa shape index (κ3) is 4.26. The number of hydrogen-bond acceptors (Lipinski definition) is 3. The number of quaternary nitrogens is 2. The standard InChI is InChI=1S/C23H28N2O3/c1-15-6-11-20-18(12-22(26)28-23(20)16(15)2)13-24-14-21(25(3)4)17-7-9-19(27-5)10-8-17/h6-12,21,24H,13-14H2,1-5H3/p+2/t21-/m1/s1. The predicted octanol–water partition coefficient (Wildman–Crippen LogP) is 1.37. The summed E-state index contributed by atoms with van der Waals surface area (Å²) in [5.74, 6) is 0.869. The maximum atomic E-state index is 12.1. The number of hydrogen-bond donors (Lipinski definition) is 2. The summed E-state index contributed by atoms with van der Waals surface area (Å²) < 4.78 is 10.8. The monoisotopic (exact) mass is 382 g/mol. The lowest BCUT2D eigenvalue weighted by atomic mass is 10.0. The molecule has 5 nitrogen and oxygen atoms in total. The Labute approximate surface area is 165 Å². The van der Waals surface area contributed by atoms with E-state index in [4.69, 9.17) is 9.15 Å². The zero-order valence-corrected chi connectivity index (χ0v) is 17.3. The number of fused-ring (bicyclic) bond motifs is 1. The molecule has 0 radical (unpaired) electrons. The first-order chi connectivity index (χ1) is 13.4. The summed E-state index contributed by atoms with van der Waals surface area (Å²) in [5, 5.41) is 3.29. The van der Waals surface area contributed by atoms with Crippen LogP contribution in [0, 0.1) is 13.8 Å². The third-order valence-corrected chi connectivity index (χ3v) is 5.50. The molecule has 5 heteroatoms. The minimum atomic E-state index is -0.283.